The van der Waals surface area contributed by atoms with Crippen LogP contribution < -0.4 is 10.6 Å². The number of nitrogen functional groups attached to an aromatic ring is 1. The van der Waals surface area contributed by atoms with Crippen LogP contribution in [0.4, 0.5) is 20.0 Å². The number of allylic oxidation sites excluding steroid dienone is 2. The minimum absolute atomic E-state index is 0.468. The van der Waals surface area contributed by atoms with E-state index in [1.165, 1.54) is 0 Å². The van der Waals surface area contributed by atoms with Gasteiger partial charge in [0, 0.05) is 53.7 Å². The molecule has 0 unspecified atom stereocenters. The molecule has 2 aromatic carbocycles. The third kappa shape index (κ3) is 4.18. The quantitative estimate of drug-likeness (QED) is 0.357. The van der Waals surface area contributed by atoms with Gasteiger partial charge in [0.05, 0.1) is 5.70 Å². The largest absolute Gasteiger partial charge is 0.677 e. The Balaban J connectivity index is 1.94. The van der Waals surface area contributed by atoms with Crippen molar-refractivity contribution in [3.8, 4) is 11.1 Å². The Morgan fingerprint density at radius 2 is 1.74 bits per heavy atom. The lowest BCUT2D eigenvalue weighted by Gasteiger charge is -2.18. The summed E-state index contributed by atoms with van der Waals surface area (Å²) in [5, 5.41) is 0. The van der Waals surface area contributed by atoms with E-state index in [-0.39, 0.29) is 0 Å². The minimum Gasteiger partial charge on any atom is -0.398 e. The molecule has 0 saturated carbocycles. The highest BCUT2D eigenvalue weighted by atomic mass is 19.2. The lowest BCUT2D eigenvalue weighted by Crippen LogP contribution is -2.18. The maximum atomic E-state index is 14.2. The lowest BCUT2D eigenvalue weighted by atomic mass is 9.92. The van der Waals surface area contributed by atoms with Crippen molar-refractivity contribution < 1.29 is 8.63 Å². The first-order valence-electron chi connectivity index (χ1n) is 11.2. The van der Waals surface area contributed by atoms with Gasteiger partial charge in [-0.2, -0.15) is 0 Å². The Hall–Kier alpha value is -3.61. The number of nitrogens with two attached hydrogens (primary N) is 1. The molecule has 0 radical (unpaired) electrons. The zero-order valence-electron chi connectivity index (χ0n) is 20.4. The van der Waals surface area contributed by atoms with Crippen molar-refractivity contribution in [3.05, 3.63) is 88.4 Å². The molecule has 4 nitrogen and oxygen atoms in total. The molecule has 1 aliphatic heterocycles. The molecule has 3 aromatic rings. The maximum Gasteiger partial charge on any atom is 0.677 e. The van der Waals surface area contributed by atoms with Gasteiger partial charge in [-0.05, 0) is 80.3 Å². The topological polar surface area (TPSA) is 46.5 Å². The Bertz CT molecular complexity index is 1360. The molecule has 0 saturated heterocycles. The summed E-state index contributed by atoms with van der Waals surface area (Å²) in [6.07, 6.45) is 1.97. The van der Waals surface area contributed by atoms with Gasteiger partial charge in [-0.15, -0.1) is 0 Å². The van der Waals surface area contributed by atoms with Crippen molar-refractivity contribution in [2.75, 3.05) is 24.7 Å². The predicted octanol–water partition coefficient (Wildman–Crippen LogP) is 6.37. The van der Waals surface area contributed by atoms with Crippen molar-refractivity contribution >= 4 is 30.1 Å². The van der Waals surface area contributed by atoms with Gasteiger partial charge < -0.3 is 15.1 Å². The van der Waals surface area contributed by atoms with Crippen molar-refractivity contribution in [2.45, 2.75) is 27.7 Å². The average Bonchev–Trinajstić information content (AvgIpc) is 3.25. The molecule has 2 heterocycles. The van der Waals surface area contributed by atoms with Crippen LogP contribution in [0.15, 0.2) is 70.9 Å². The molecule has 34 heavy (non-hydrogen) atoms. The third-order valence-corrected chi connectivity index (χ3v) is 6.19. The van der Waals surface area contributed by atoms with E-state index >= 15 is 0 Å². The van der Waals surface area contributed by atoms with Gasteiger partial charge in [0.2, 0.25) is 0 Å². The Labute approximate surface area is 200 Å². The molecular formula is C27H29BF2N4. The molecule has 4 rings (SSSR count). The number of nitrogens with zero attached hydrogens (tertiary/aromatic N) is 3. The summed E-state index contributed by atoms with van der Waals surface area (Å²) in [6.45, 7) is 7.42. The molecule has 0 atom stereocenters. The first-order valence-corrected chi connectivity index (χ1v) is 11.2. The monoisotopic (exact) mass is 458 g/mol. The van der Waals surface area contributed by atoms with Gasteiger partial charge in [-0.25, -0.2) is 0 Å². The van der Waals surface area contributed by atoms with E-state index in [0.29, 0.717) is 28.3 Å². The average molecular weight is 458 g/mol. The molecule has 0 fully saturated rings. The van der Waals surface area contributed by atoms with Crippen LogP contribution in [-0.2, 0) is 0 Å². The highest BCUT2D eigenvalue weighted by Crippen LogP contribution is 2.39. The van der Waals surface area contributed by atoms with E-state index < -0.39 is 7.40 Å². The fraction of sp³-hybridized carbons (Fsp3) is 0.222. The van der Waals surface area contributed by atoms with Crippen LogP contribution in [0.5, 0.6) is 0 Å². The van der Waals surface area contributed by atoms with Gasteiger partial charge in [-0.1, -0.05) is 24.3 Å². The molecule has 1 aromatic heterocycles. The third-order valence-electron chi connectivity index (χ3n) is 6.19. The normalized spacial score (nSPS) is 14.7. The number of benzene rings is 2. The summed E-state index contributed by atoms with van der Waals surface area (Å²) in [6, 6.07) is 15.7. The first-order chi connectivity index (χ1) is 16.1. The molecule has 2 N–H and O–H groups in total. The zero-order valence-corrected chi connectivity index (χ0v) is 20.4. The predicted molar refractivity (Wildman–Crippen MR) is 141 cm³/mol. The van der Waals surface area contributed by atoms with Crippen LogP contribution in [-0.4, -0.2) is 31.7 Å². The number of hydrogen-bond acceptors (Lipinski definition) is 3. The second-order valence-electron chi connectivity index (χ2n) is 9.02. The Morgan fingerprint density at radius 3 is 2.32 bits per heavy atom. The lowest BCUT2D eigenvalue weighted by molar-refractivity contribution is 0.624. The molecule has 0 amide bonds. The number of aliphatic imine (C=N–C) groups is 1. The van der Waals surface area contributed by atoms with Crippen molar-refractivity contribution in [1.29, 1.82) is 0 Å². The standard InChI is InChI=1S/C27H29BF2N4/c1-16-12-18(3)32-26(16)25(27-17(2)13-19(4)34(27)28(29)30)21-10-11-23(24(31)15-21)20-8-7-9-22(14-20)33(5)6/h7-15H,31H2,1-6H3/b26-25-. The van der Waals surface area contributed by atoms with E-state index in [0.717, 1.165) is 43.7 Å². The summed E-state index contributed by atoms with van der Waals surface area (Å²) in [4.78, 5) is 6.75. The van der Waals surface area contributed by atoms with Gasteiger partial charge in [-0.3, -0.25) is 13.6 Å². The minimum atomic E-state index is -2.67. The zero-order chi connectivity index (χ0) is 24.7. The molecule has 0 spiro atoms. The van der Waals surface area contributed by atoms with Gasteiger partial charge in [0.25, 0.3) is 0 Å². The van der Waals surface area contributed by atoms with Crippen molar-refractivity contribution in [1.82, 2.24) is 4.48 Å². The number of aromatic nitrogens is 1. The van der Waals surface area contributed by atoms with Crippen LogP contribution in [0.25, 0.3) is 16.7 Å². The van der Waals surface area contributed by atoms with E-state index in [1.807, 2.05) is 82.2 Å². The molecule has 1 aliphatic rings. The molecule has 0 aliphatic carbocycles. The highest BCUT2D eigenvalue weighted by Gasteiger charge is 2.29. The van der Waals surface area contributed by atoms with E-state index in [4.69, 9.17) is 10.7 Å². The van der Waals surface area contributed by atoms with Crippen LogP contribution >= 0.6 is 0 Å². The summed E-state index contributed by atoms with van der Waals surface area (Å²) in [7, 11) is 1.32. The fourth-order valence-corrected chi connectivity index (χ4v) is 4.64. The number of anilines is 2. The molecule has 0 bridgehead atoms. The summed E-state index contributed by atoms with van der Waals surface area (Å²) >= 11 is 0. The van der Waals surface area contributed by atoms with Crippen LogP contribution in [0, 0.1) is 13.8 Å². The molecule has 174 valence electrons. The van der Waals surface area contributed by atoms with Gasteiger partial charge >= 0.3 is 7.40 Å². The summed E-state index contributed by atoms with van der Waals surface area (Å²) < 4.78 is 29.4. The van der Waals surface area contributed by atoms with Gasteiger partial charge in [0.1, 0.15) is 0 Å². The molecular weight excluding hydrogens is 429 g/mol. The Kier molecular flexibility index (Phi) is 6.21. The second-order valence-corrected chi connectivity index (χ2v) is 9.02. The van der Waals surface area contributed by atoms with Crippen molar-refractivity contribution in [2.24, 2.45) is 4.99 Å². The van der Waals surface area contributed by atoms with Crippen LogP contribution in [0.2, 0.25) is 0 Å². The second kappa shape index (κ2) is 8.97. The highest BCUT2D eigenvalue weighted by molar-refractivity contribution is 6.41. The number of rotatable bonds is 5. The number of hydrogen-bond donors (Lipinski definition) is 1. The first kappa shape index (κ1) is 23.5. The maximum absolute atomic E-state index is 14.2. The van der Waals surface area contributed by atoms with Crippen LogP contribution in [0.1, 0.15) is 36.4 Å². The molecule has 7 heteroatoms. The summed E-state index contributed by atoms with van der Waals surface area (Å²) in [5.74, 6) is 0. The Morgan fingerprint density at radius 1 is 1.00 bits per heavy atom. The van der Waals surface area contributed by atoms with E-state index in [2.05, 4.69) is 6.07 Å². The summed E-state index contributed by atoms with van der Waals surface area (Å²) in [5.41, 5.74) is 15.7. The van der Waals surface area contributed by atoms with E-state index in [1.54, 1.807) is 13.0 Å². The van der Waals surface area contributed by atoms with Gasteiger partial charge in [0.15, 0.2) is 0 Å². The SMILES string of the molecule is CC1=CC(C)=N/C1=C(/c1ccc(-c2cccc(N(C)C)c2)c(N)c1)c1c(C)cc(C)n1B(F)F. The number of aryl methyl sites for hydroxylation is 2. The smallest absolute Gasteiger partial charge is 0.398 e. The van der Waals surface area contributed by atoms with Crippen LogP contribution in [0.3, 0.4) is 0 Å². The fourth-order valence-electron chi connectivity index (χ4n) is 4.64. The van der Waals surface area contributed by atoms with E-state index in [9.17, 15) is 8.63 Å². The number of halogens is 2. The van der Waals surface area contributed by atoms with Crippen molar-refractivity contribution in [3.63, 3.8) is 0 Å².